The van der Waals surface area contributed by atoms with Crippen molar-refractivity contribution in [3.63, 3.8) is 0 Å². The average molecular weight is 374 g/mol. The molecule has 0 atom stereocenters. The Kier molecular flexibility index (Phi) is 5.98. The first kappa shape index (κ1) is 19.2. The molecule has 7 heteroatoms. The summed E-state index contributed by atoms with van der Waals surface area (Å²) in [5.74, 6) is -0.555. The predicted molar refractivity (Wildman–Crippen MR) is 98.4 cm³/mol. The fraction of sp³-hybridized carbons (Fsp3) is 0.550. The summed E-state index contributed by atoms with van der Waals surface area (Å²) in [6, 6.07) is 7.72. The van der Waals surface area contributed by atoms with Crippen LogP contribution in [-0.2, 0) is 20.8 Å². The summed E-state index contributed by atoms with van der Waals surface area (Å²) >= 11 is 0. The molecule has 27 heavy (non-hydrogen) atoms. The van der Waals surface area contributed by atoms with E-state index >= 15 is 0 Å². The van der Waals surface area contributed by atoms with Gasteiger partial charge in [0.15, 0.2) is 6.61 Å². The van der Waals surface area contributed by atoms with Crippen LogP contribution in [0.4, 0.5) is 0 Å². The molecule has 7 nitrogen and oxygen atoms in total. The lowest BCUT2D eigenvalue weighted by Crippen LogP contribution is -2.42. The van der Waals surface area contributed by atoms with Crippen LogP contribution in [0.2, 0.25) is 0 Å². The molecule has 0 radical (unpaired) electrons. The Morgan fingerprint density at radius 2 is 1.81 bits per heavy atom. The fourth-order valence-electron chi connectivity index (χ4n) is 3.18. The van der Waals surface area contributed by atoms with E-state index < -0.39 is 11.4 Å². The quantitative estimate of drug-likeness (QED) is 0.578. The monoisotopic (exact) mass is 374 g/mol. The molecule has 3 N–H and O–H groups in total. The lowest BCUT2D eigenvalue weighted by molar-refractivity contribution is -0.157. The van der Waals surface area contributed by atoms with Crippen molar-refractivity contribution in [1.82, 2.24) is 10.6 Å². The zero-order valence-electron chi connectivity index (χ0n) is 15.3. The second-order valence-electron chi connectivity index (χ2n) is 7.49. The number of carboxylic acids is 1. The van der Waals surface area contributed by atoms with Crippen molar-refractivity contribution in [2.24, 2.45) is 5.41 Å². The minimum atomic E-state index is -0.870. The third-order valence-electron chi connectivity index (χ3n) is 5.23. The highest BCUT2D eigenvalue weighted by Gasteiger charge is 2.45. The molecule has 0 aliphatic heterocycles. The van der Waals surface area contributed by atoms with Crippen LogP contribution >= 0.6 is 0 Å². The number of hydrogen-bond donors (Lipinski definition) is 3. The summed E-state index contributed by atoms with van der Waals surface area (Å²) in [7, 11) is 0. The van der Waals surface area contributed by atoms with Crippen LogP contribution in [0.25, 0.3) is 0 Å². The van der Waals surface area contributed by atoms with Crippen LogP contribution in [0.1, 0.15) is 44.1 Å². The molecule has 0 bridgehead atoms. The number of benzene rings is 1. The van der Waals surface area contributed by atoms with E-state index in [1.54, 1.807) is 12.1 Å². The Morgan fingerprint density at radius 1 is 1.11 bits per heavy atom. The molecule has 0 spiro atoms. The maximum absolute atomic E-state index is 12.0. The van der Waals surface area contributed by atoms with Gasteiger partial charge in [0, 0.05) is 19.0 Å². The van der Waals surface area contributed by atoms with Crippen molar-refractivity contribution < 1.29 is 24.2 Å². The van der Waals surface area contributed by atoms with Crippen LogP contribution in [0.15, 0.2) is 24.3 Å². The van der Waals surface area contributed by atoms with E-state index in [1.165, 1.54) is 0 Å². The van der Waals surface area contributed by atoms with E-state index in [9.17, 15) is 19.5 Å². The fourth-order valence-corrected chi connectivity index (χ4v) is 3.18. The Bertz CT molecular complexity index is 693. The highest BCUT2D eigenvalue weighted by molar-refractivity contribution is 5.85. The molecule has 0 unspecified atom stereocenters. The lowest BCUT2D eigenvalue weighted by Gasteiger charge is -2.36. The second kappa shape index (κ2) is 8.41. The summed E-state index contributed by atoms with van der Waals surface area (Å²) in [5.41, 5.74) is 0.177. The van der Waals surface area contributed by atoms with Crippen molar-refractivity contribution in [1.29, 1.82) is 0 Å². The molecule has 2 amide bonds. The number of ether oxygens (including phenoxy) is 1. The molecule has 1 aromatic rings. The van der Waals surface area contributed by atoms with Crippen molar-refractivity contribution in [3.05, 3.63) is 29.8 Å². The second-order valence-corrected chi connectivity index (χ2v) is 7.49. The highest BCUT2D eigenvalue weighted by Crippen LogP contribution is 2.44. The van der Waals surface area contributed by atoms with Crippen LogP contribution in [0.5, 0.6) is 5.75 Å². The molecule has 2 saturated carbocycles. The zero-order valence-corrected chi connectivity index (χ0v) is 15.3. The topological polar surface area (TPSA) is 105 Å². The van der Waals surface area contributed by atoms with Crippen LogP contribution in [-0.4, -0.2) is 42.1 Å². The van der Waals surface area contributed by atoms with Crippen LogP contribution < -0.4 is 15.4 Å². The number of aliphatic carboxylic acids is 1. The van der Waals surface area contributed by atoms with Gasteiger partial charge in [-0.25, -0.2) is 0 Å². The Morgan fingerprint density at radius 3 is 2.37 bits per heavy atom. The minimum Gasteiger partial charge on any atom is -0.484 e. The Labute approximate surface area is 158 Å². The van der Waals surface area contributed by atoms with Gasteiger partial charge in [0.25, 0.3) is 5.91 Å². The molecule has 1 aromatic carbocycles. The average Bonchev–Trinajstić information content (AvgIpc) is 3.41. The standard InChI is InChI=1S/C20H26N2O5/c23-17(12-20(19(25)26)9-1-10-20)21-11-8-14-2-6-16(7-3-14)27-13-18(24)22-15-4-5-15/h2-3,6-7,15H,1,4-5,8-13H2,(H,21,23)(H,22,24)(H,25,26). The summed E-state index contributed by atoms with van der Waals surface area (Å²) < 4.78 is 5.45. The van der Waals surface area contributed by atoms with E-state index in [-0.39, 0.29) is 24.8 Å². The van der Waals surface area contributed by atoms with E-state index in [0.717, 1.165) is 24.8 Å². The zero-order chi connectivity index (χ0) is 19.3. The van der Waals surface area contributed by atoms with Crippen LogP contribution in [0.3, 0.4) is 0 Å². The predicted octanol–water partition coefficient (Wildman–Crippen LogP) is 1.65. The molecule has 2 aliphatic carbocycles. The van der Waals surface area contributed by atoms with Gasteiger partial charge in [-0.1, -0.05) is 18.6 Å². The maximum Gasteiger partial charge on any atom is 0.310 e. The first-order chi connectivity index (χ1) is 13.0. The number of carboxylic acid groups (broad SMARTS) is 1. The summed E-state index contributed by atoms with van der Waals surface area (Å²) in [4.78, 5) is 34.9. The third-order valence-corrected chi connectivity index (χ3v) is 5.23. The number of carbonyl (C=O) groups excluding carboxylic acids is 2. The first-order valence-electron chi connectivity index (χ1n) is 9.48. The van der Waals surface area contributed by atoms with E-state index in [0.29, 0.717) is 37.6 Å². The van der Waals surface area contributed by atoms with Crippen molar-refractivity contribution in [2.45, 2.75) is 51.0 Å². The smallest absolute Gasteiger partial charge is 0.310 e. The van der Waals surface area contributed by atoms with Gasteiger partial charge in [-0.05, 0) is 49.8 Å². The van der Waals surface area contributed by atoms with Crippen molar-refractivity contribution in [2.75, 3.05) is 13.2 Å². The SMILES string of the molecule is O=C(CC1(C(=O)O)CCC1)NCCc1ccc(OCC(=O)NC2CC2)cc1. The van der Waals surface area contributed by atoms with E-state index in [1.807, 2.05) is 12.1 Å². The first-order valence-corrected chi connectivity index (χ1v) is 9.48. The molecule has 146 valence electrons. The number of amides is 2. The Balaban J connectivity index is 1.35. The lowest BCUT2D eigenvalue weighted by atomic mass is 9.66. The Hall–Kier alpha value is -2.57. The highest BCUT2D eigenvalue weighted by atomic mass is 16.5. The van der Waals surface area contributed by atoms with Gasteiger partial charge in [0.05, 0.1) is 5.41 Å². The van der Waals surface area contributed by atoms with E-state index in [2.05, 4.69) is 10.6 Å². The molecule has 0 heterocycles. The molecule has 0 saturated heterocycles. The maximum atomic E-state index is 12.0. The third kappa shape index (κ3) is 5.45. The number of carbonyl (C=O) groups is 3. The molecular weight excluding hydrogens is 348 g/mol. The summed E-state index contributed by atoms with van der Waals surface area (Å²) in [6.07, 6.45) is 4.83. The van der Waals surface area contributed by atoms with Gasteiger partial charge < -0.3 is 20.5 Å². The van der Waals surface area contributed by atoms with Gasteiger partial charge in [-0.3, -0.25) is 14.4 Å². The normalized spacial score (nSPS) is 17.5. The van der Waals surface area contributed by atoms with Gasteiger partial charge in [-0.2, -0.15) is 0 Å². The molecule has 2 aliphatic rings. The van der Waals surface area contributed by atoms with Gasteiger partial charge >= 0.3 is 5.97 Å². The van der Waals surface area contributed by atoms with Crippen molar-refractivity contribution in [3.8, 4) is 5.75 Å². The van der Waals surface area contributed by atoms with Crippen LogP contribution in [0, 0.1) is 5.41 Å². The summed E-state index contributed by atoms with van der Waals surface area (Å²) in [5, 5.41) is 14.9. The summed E-state index contributed by atoms with van der Waals surface area (Å²) in [6.45, 7) is 0.468. The minimum absolute atomic E-state index is 0.0111. The molecular formula is C20H26N2O5. The molecule has 0 aromatic heterocycles. The van der Waals surface area contributed by atoms with Gasteiger partial charge in [-0.15, -0.1) is 0 Å². The molecule has 2 fully saturated rings. The number of nitrogens with one attached hydrogen (secondary N) is 2. The van der Waals surface area contributed by atoms with Gasteiger partial charge in [0.1, 0.15) is 5.75 Å². The number of rotatable bonds is 10. The largest absolute Gasteiger partial charge is 0.484 e. The van der Waals surface area contributed by atoms with Crippen molar-refractivity contribution >= 4 is 17.8 Å². The molecule has 3 rings (SSSR count). The van der Waals surface area contributed by atoms with E-state index in [4.69, 9.17) is 4.74 Å². The van der Waals surface area contributed by atoms with Gasteiger partial charge in [0.2, 0.25) is 5.91 Å². The number of hydrogen-bond acceptors (Lipinski definition) is 4.